The van der Waals surface area contributed by atoms with Crippen molar-refractivity contribution in [3.05, 3.63) is 80.8 Å². The van der Waals surface area contributed by atoms with Crippen molar-refractivity contribution in [1.29, 1.82) is 0 Å². The highest BCUT2D eigenvalue weighted by atomic mass is 79.9. The van der Waals surface area contributed by atoms with Crippen LogP contribution in [0.15, 0.2) is 53.0 Å². The molecule has 0 unspecified atom stereocenters. The normalized spacial score (nSPS) is 12.2. The Morgan fingerprint density at radius 2 is 1.25 bits per heavy atom. The number of carbonyl (C=O) groups is 1. The van der Waals surface area contributed by atoms with E-state index in [-0.39, 0.29) is 5.78 Å². The SMILES string of the molecule is Cc1cc(-c2ccc3c(c2)C(=O)c2cc(Br)ccc2-3)cc(C)c1C. The van der Waals surface area contributed by atoms with Crippen LogP contribution < -0.4 is 0 Å². The minimum Gasteiger partial charge on any atom is -0.289 e. The number of hydrogen-bond acceptors (Lipinski definition) is 1. The zero-order valence-corrected chi connectivity index (χ0v) is 15.5. The summed E-state index contributed by atoms with van der Waals surface area (Å²) < 4.78 is 0.937. The number of carbonyl (C=O) groups excluding carboxylic acids is 1. The van der Waals surface area contributed by atoms with Gasteiger partial charge in [-0.2, -0.15) is 0 Å². The van der Waals surface area contributed by atoms with Gasteiger partial charge in [0.1, 0.15) is 0 Å². The summed E-state index contributed by atoms with van der Waals surface area (Å²) >= 11 is 3.46. The second-order valence-corrected chi connectivity index (χ2v) is 7.43. The monoisotopic (exact) mass is 376 g/mol. The second kappa shape index (κ2) is 5.42. The van der Waals surface area contributed by atoms with Gasteiger partial charge >= 0.3 is 0 Å². The average Bonchev–Trinajstić information content (AvgIpc) is 2.84. The van der Waals surface area contributed by atoms with Gasteiger partial charge in [-0.25, -0.2) is 0 Å². The standard InChI is InChI=1S/C22H17BrO/c1-12-8-16(9-13(2)14(12)3)15-4-6-18-19-7-5-17(23)11-21(19)22(24)20(18)10-15/h4-11H,1-3H3. The number of hydrogen-bond donors (Lipinski definition) is 0. The first-order valence-electron chi connectivity index (χ1n) is 8.02. The second-order valence-electron chi connectivity index (χ2n) is 6.51. The Hall–Kier alpha value is -2.19. The van der Waals surface area contributed by atoms with E-state index >= 15 is 0 Å². The predicted molar refractivity (Wildman–Crippen MR) is 103 cm³/mol. The molecule has 0 atom stereocenters. The molecule has 24 heavy (non-hydrogen) atoms. The third-order valence-electron chi connectivity index (χ3n) is 5.04. The minimum absolute atomic E-state index is 0.115. The van der Waals surface area contributed by atoms with Crippen molar-refractivity contribution >= 4 is 21.7 Å². The van der Waals surface area contributed by atoms with Gasteiger partial charge in [0, 0.05) is 15.6 Å². The highest BCUT2D eigenvalue weighted by Gasteiger charge is 2.27. The van der Waals surface area contributed by atoms with Gasteiger partial charge in [-0.05, 0) is 77.9 Å². The Morgan fingerprint density at radius 1 is 0.667 bits per heavy atom. The van der Waals surface area contributed by atoms with E-state index in [1.54, 1.807) is 0 Å². The van der Waals surface area contributed by atoms with Crippen LogP contribution >= 0.6 is 15.9 Å². The molecule has 0 spiro atoms. The van der Waals surface area contributed by atoms with E-state index in [4.69, 9.17) is 0 Å². The van der Waals surface area contributed by atoms with Crippen LogP contribution in [-0.2, 0) is 0 Å². The van der Waals surface area contributed by atoms with Crippen LogP contribution in [-0.4, -0.2) is 5.78 Å². The van der Waals surface area contributed by atoms with Crippen LogP contribution in [0.4, 0.5) is 0 Å². The fraction of sp³-hybridized carbons (Fsp3) is 0.136. The molecule has 0 aromatic heterocycles. The summed E-state index contributed by atoms with van der Waals surface area (Å²) in [6.45, 7) is 6.42. The third kappa shape index (κ3) is 2.25. The summed E-state index contributed by atoms with van der Waals surface area (Å²) in [5, 5.41) is 0. The van der Waals surface area contributed by atoms with Gasteiger partial charge < -0.3 is 0 Å². The van der Waals surface area contributed by atoms with E-state index in [1.165, 1.54) is 22.3 Å². The molecule has 0 saturated carbocycles. The Kier molecular flexibility index (Phi) is 3.47. The van der Waals surface area contributed by atoms with Crippen molar-refractivity contribution in [3.63, 3.8) is 0 Å². The fourth-order valence-electron chi connectivity index (χ4n) is 3.43. The summed E-state index contributed by atoms with van der Waals surface area (Å²) in [5.41, 5.74) is 9.81. The summed E-state index contributed by atoms with van der Waals surface area (Å²) in [7, 11) is 0. The van der Waals surface area contributed by atoms with E-state index < -0.39 is 0 Å². The molecule has 0 N–H and O–H groups in total. The lowest BCUT2D eigenvalue weighted by atomic mass is 9.94. The van der Waals surface area contributed by atoms with Crippen molar-refractivity contribution < 1.29 is 4.79 Å². The fourth-order valence-corrected chi connectivity index (χ4v) is 3.79. The zero-order valence-electron chi connectivity index (χ0n) is 13.9. The average molecular weight is 377 g/mol. The largest absolute Gasteiger partial charge is 0.289 e. The molecule has 1 aliphatic carbocycles. The van der Waals surface area contributed by atoms with Gasteiger partial charge in [0.2, 0.25) is 0 Å². The molecule has 3 aromatic rings. The van der Waals surface area contributed by atoms with Crippen LogP contribution in [0.25, 0.3) is 22.3 Å². The molecule has 0 aliphatic heterocycles. The van der Waals surface area contributed by atoms with Crippen molar-refractivity contribution in [2.24, 2.45) is 0 Å². The topological polar surface area (TPSA) is 17.1 Å². The Bertz CT molecular complexity index is 991. The molecular formula is C22H17BrO. The third-order valence-corrected chi connectivity index (χ3v) is 5.53. The molecule has 4 rings (SSSR count). The van der Waals surface area contributed by atoms with Gasteiger partial charge in [0.25, 0.3) is 0 Å². The molecule has 0 radical (unpaired) electrons. The Balaban J connectivity index is 1.87. The predicted octanol–water partition coefficient (Wildman–Crippen LogP) is 6.25. The Morgan fingerprint density at radius 3 is 1.92 bits per heavy atom. The first-order chi connectivity index (χ1) is 11.5. The summed E-state index contributed by atoms with van der Waals surface area (Å²) in [6.07, 6.45) is 0. The molecule has 0 heterocycles. The van der Waals surface area contributed by atoms with Crippen LogP contribution in [0.1, 0.15) is 32.6 Å². The quantitative estimate of drug-likeness (QED) is 0.383. The lowest BCUT2D eigenvalue weighted by Gasteiger charge is -2.10. The molecule has 118 valence electrons. The van der Waals surface area contributed by atoms with Gasteiger partial charge in [-0.3, -0.25) is 4.79 Å². The van der Waals surface area contributed by atoms with Gasteiger partial charge in [0.15, 0.2) is 5.78 Å². The lowest BCUT2D eigenvalue weighted by molar-refractivity contribution is 0.104. The first kappa shape index (κ1) is 15.3. The molecule has 2 heteroatoms. The molecule has 3 aromatic carbocycles. The van der Waals surface area contributed by atoms with Gasteiger partial charge in [0.05, 0.1) is 0 Å². The van der Waals surface area contributed by atoms with Gasteiger partial charge in [-0.1, -0.05) is 46.3 Å². The van der Waals surface area contributed by atoms with Crippen LogP contribution in [0.5, 0.6) is 0 Å². The Labute approximate surface area is 150 Å². The number of benzene rings is 3. The van der Waals surface area contributed by atoms with E-state index in [9.17, 15) is 4.79 Å². The zero-order chi connectivity index (χ0) is 17.0. The maximum Gasteiger partial charge on any atom is 0.194 e. The number of aryl methyl sites for hydroxylation is 2. The van der Waals surface area contributed by atoms with Crippen LogP contribution in [0, 0.1) is 20.8 Å². The number of fused-ring (bicyclic) bond motifs is 3. The van der Waals surface area contributed by atoms with Gasteiger partial charge in [-0.15, -0.1) is 0 Å². The maximum atomic E-state index is 12.8. The first-order valence-corrected chi connectivity index (χ1v) is 8.82. The van der Waals surface area contributed by atoms with Crippen LogP contribution in [0.2, 0.25) is 0 Å². The number of ketones is 1. The van der Waals surface area contributed by atoms with Crippen molar-refractivity contribution in [3.8, 4) is 22.3 Å². The van der Waals surface area contributed by atoms with Crippen molar-refractivity contribution in [2.45, 2.75) is 20.8 Å². The lowest BCUT2D eigenvalue weighted by Crippen LogP contribution is -1.96. The highest BCUT2D eigenvalue weighted by Crippen LogP contribution is 2.40. The van der Waals surface area contributed by atoms with Crippen molar-refractivity contribution in [1.82, 2.24) is 0 Å². The minimum atomic E-state index is 0.115. The molecule has 0 amide bonds. The van der Waals surface area contributed by atoms with E-state index in [0.717, 1.165) is 32.3 Å². The summed E-state index contributed by atoms with van der Waals surface area (Å²) in [4.78, 5) is 12.8. The molecule has 1 nitrogen and oxygen atoms in total. The number of halogens is 1. The molecule has 0 bridgehead atoms. The molecule has 0 fully saturated rings. The summed E-state index contributed by atoms with van der Waals surface area (Å²) in [5.74, 6) is 0.115. The maximum absolute atomic E-state index is 12.8. The van der Waals surface area contributed by atoms with E-state index in [2.05, 4.69) is 61.0 Å². The summed E-state index contributed by atoms with van der Waals surface area (Å²) in [6, 6.07) is 16.6. The molecule has 0 saturated heterocycles. The molecule has 1 aliphatic rings. The molecular weight excluding hydrogens is 360 g/mol. The van der Waals surface area contributed by atoms with E-state index in [0.29, 0.717) is 0 Å². The van der Waals surface area contributed by atoms with E-state index in [1.807, 2.05) is 24.3 Å². The van der Waals surface area contributed by atoms with Crippen molar-refractivity contribution in [2.75, 3.05) is 0 Å². The highest BCUT2D eigenvalue weighted by molar-refractivity contribution is 9.10. The number of rotatable bonds is 1. The smallest absolute Gasteiger partial charge is 0.194 e. The van der Waals surface area contributed by atoms with Crippen LogP contribution in [0.3, 0.4) is 0 Å².